The summed E-state index contributed by atoms with van der Waals surface area (Å²) >= 11 is 0. The molecule has 0 radical (unpaired) electrons. The van der Waals surface area contributed by atoms with E-state index < -0.39 is 35.0 Å². The van der Waals surface area contributed by atoms with Crippen LogP contribution in [0.15, 0.2) is 121 Å². The first-order chi connectivity index (χ1) is 24.7. The highest BCUT2D eigenvalue weighted by Gasteiger charge is 2.66. The van der Waals surface area contributed by atoms with E-state index in [-0.39, 0.29) is 53.5 Å². The number of ether oxygens (including phenoxy) is 1. The topological polar surface area (TPSA) is 118 Å². The van der Waals surface area contributed by atoms with Gasteiger partial charge in [-0.3, -0.25) is 28.9 Å². The molecule has 1 heterocycles. The van der Waals surface area contributed by atoms with Gasteiger partial charge in [-0.2, -0.15) is 0 Å². The Kier molecular flexibility index (Phi) is 7.71. The number of amides is 2. The number of anilines is 1. The SMILES string of the molecule is COc1cccc(C2C3=CCC4C(=O)N(c5ccc(C(C)=O)cc5)C(=O)C4C3CC3C(=O)C(c4ccccc4)=CC(=O)C32c2ccccc2)c1O. The molecule has 51 heavy (non-hydrogen) atoms. The van der Waals surface area contributed by atoms with Gasteiger partial charge >= 0.3 is 0 Å². The smallest absolute Gasteiger partial charge is 0.238 e. The van der Waals surface area contributed by atoms with Gasteiger partial charge in [0, 0.05) is 28.5 Å². The molecule has 0 spiro atoms. The van der Waals surface area contributed by atoms with Crippen molar-refractivity contribution in [3.8, 4) is 11.5 Å². The Morgan fingerprint density at radius 3 is 2.18 bits per heavy atom. The van der Waals surface area contributed by atoms with Gasteiger partial charge in [0.25, 0.3) is 0 Å². The summed E-state index contributed by atoms with van der Waals surface area (Å²) in [6.07, 6.45) is 3.80. The van der Waals surface area contributed by atoms with Crippen LogP contribution in [0, 0.1) is 23.7 Å². The summed E-state index contributed by atoms with van der Waals surface area (Å²) in [7, 11) is 1.45. The van der Waals surface area contributed by atoms with Gasteiger partial charge in [0.05, 0.1) is 30.0 Å². The Labute approximate surface area is 295 Å². The molecule has 8 rings (SSSR count). The van der Waals surface area contributed by atoms with E-state index in [9.17, 15) is 19.5 Å². The van der Waals surface area contributed by atoms with E-state index >= 15 is 9.59 Å². The van der Waals surface area contributed by atoms with Crippen molar-refractivity contribution in [3.63, 3.8) is 0 Å². The first kappa shape index (κ1) is 32.3. The fourth-order valence-electron chi connectivity index (χ4n) is 9.26. The van der Waals surface area contributed by atoms with E-state index in [0.29, 0.717) is 33.5 Å². The summed E-state index contributed by atoms with van der Waals surface area (Å²) in [5.74, 6) is -5.17. The van der Waals surface area contributed by atoms with Gasteiger partial charge in [-0.05, 0) is 73.2 Å². The van der Waals surface area contributed by atoms with Crippen molar-refractivity contribution in [1.82, 2.24) is 0 Å². The number of methoxy groups -OCH3 is 1. The van der Waals surface area contributed by atoms with Gasteiger partial charge in [-0.25, -0.2) is 0 Å². The molecule has 2 amide bonds. The van der Waals surface area contributed by atoms with Crippen LogP contribution < -0.4 is 9.64 Å². The zero-order valence-corrected chi connectivity index (χ0v) is 28.1. The van der Waals surface area contributed by atoms with Crippen LogP contribution in [0.4, 0.5) is 5.69 Å². The minimum absolute atomic E-state index is 0.130. The van der Waals surface area contributed by atoms with E-state index in [2.05, 4.69) is 0 Å². The number of phenols is 1. The van der Waals surface area contributed by atoms with Gasteiger partial charge < -0.3 is 9.84 Å². The molecule has 0 aromatic heterocycles. The number of carbonyl (C=O) groups excluding carboxylic acids is 5. The van der Waals surface area contributed by atoms with Gasteiger partial charge in [0.1, 0.15) is 0 Å². The van der Waals surface area contributed by atoms with Crippen LogP contribution in [0.2, 0.25) is 0 Å². The molecule has 3 aliphatic carbocycles. The molecule has 6 atom stereocenters. The van der Waals surface area contributed by atoms with Crippen molar-refractivity contribution < 1.29 is 33.8 Å². The fourth-order valence-corrected chi connectivity index (χ4v) is 9.26. The highest BCUT2D eigenvalue weighted by atomic mass is 16.5. The van der Waals surface area contributed by atoms with Gasteiger partial charge in [0.15, 0.2) is 28.8 Å². The second-order valence-corrected chi connectivity index (χ2v) is 13.8. The van der Waals surface area contributed by atoms with Gasteiger partial charge in [-0.1, -0.05) is 84.4 Å². The highest BCUT2D eigenvalue weighted by Crippen LogP contribution is 2.65. The third kappa shape index (κ3) is 4.69. The zero-order chi connectivity index (χ0) is 35.6. The van der Waals surface area contributed by atoms with Crippen LogP contribution in [0.1, 0.15) is 52.7 Å². The van der Waals surface area contributed by atoms with E-state index in [1.54, 1.807) is 54.6 Å². The van der Waals surface area contributed by atoms with Crippen LogP contribution in [0.5, 0.6) is 11.5 Å². The Morgan fingerprint density at radius 2 is 1.51 bits per heavy atom. The number of phenolic OH excluding ortho intramolecular Hbond substituents is 1. The summed E-state index contributed by atoms with van der Waals surface area (Å²) in [5.41, 5.74) is 2.07. The second kappa shape index (κ2) is 12.2. The van der Waals surface area contributed by atoms with E-state index in [4.69, 9.17) is 4.74 Å². The molecule has 2 fully saturated rings. The lowest BCUT2D eigenvalue weighted by atomic mass is 9.44. The summed E-state index contributed by atoms with van der Waals surface area (Å²) in [6, 6.07) is 29.9. The van der Waals surface area contributed by atoms with Crippen LogP contribution in [-0.2, 0) is 24.6 Å². The van der Waals surface area contributed by atoms with E-state index in [0.717, 1.165) is 5.57 Å². The number of nitrogens with zero attached hydrogens (tertiary/aromatic N) is 1. The molecular formula is C43H35NO7. The number of Topliss-reactive ketones (excluding diaryl/α,β-unsaturated/α-hetero) is 2. The van der Waals surface area contributed by atoms with Crippen molar-refractivity contribution in [1.29, 1.82) is 0 Å². The standard InChI is InChI=1S/C43H35NO7/c1-24(45)25-16-18-28(19-17-25)44-41(49)30-21-20-29-33(37(30)42(44)50)22-34-39(47)32(26-10-5-3-6-11-26)23-36(46)43(34,27-12-7-4-8-13-27)38(29)31-14-9-15-35(51-2)40(31)48/h3-20,23,30,33-34,37-38,48H,21-22H2,1-2H3. The third-order valence-corrected chi connectivity index (χ3v) is 11.5. The maximum Gasteiger partial charge on any atom is 0.238 e. The fraction of sp³-hybridized carbons (Fsp3) is 0.233. The highest BCUT2D eigenvalue weighted by molar-refractivity contribution is 6.32. The summed E-state index contributed by atoms with van der Waals surface area (Å²) in [5, 5.41) is 11.8. The number of aromatic hydroxyl groups is 1. The largest absolute Gasteiger partial charge is 0.504 e. The first-order valence-corrected chi connectivity index (χ1v) is 17.1. The van der Waals surface area contributed by atoms with Crippen molar-refractivity contribution in [3.05, 3.63) is 143 Å². The lowest BCUT2D eigenvalue weighted by Gasteiger charge is -2.55. The molecule has 254 valence electrons. The van der Waals surface area contributed by atoms with Crippen molar-refractivity contribution in [2.24, 2.45) is 23.7 Å². The summed E-state index contributed by atoms with van der Waals surface area (Å²) in [4.78, 5) is 72.0. The van der Waals surface area contributed by atoms with E-state index in [1.165, 1.54) is 25.0 Å². The maximum atomic E-state index is 15.1. The molecule has 1 aliphatic heterocycles. The molecule has 8 nitrogen and oxygen atoms in total. The monoisotopic (exact) mass is 677 g/mol. The number of ketones is 3. The molecule has 4 aromatic rings. The van der Waals surface area contributed by atoms with Crippen LogP contribution >= 0.6 is 0 Å². The van der Waals surface area contributed by atoms with E-state index in [1.807, 2.05) is 54.6 Å². The summed E-state index contributed by atoms with van der Waals surface area (Å²) < 4.78 is 5.54. The molecule has 0 bridgehead atoms. The molecule has 4 aromatic carbocycles. The minimum Gasteiger partial charge on any atom is -0.504 e. The third-order valence-electron chi connectivity index (χ3n) is 11.5. The second-order valence-electron chi connectivity index (χ2n) is 13.8. The number of benzene rings is 4. The Bertz CT molecular complexity index is 2190. The van der Waals surface area contributed by atoms with Gasteiger partial charge in [-0.15, -0.1) is 0 Å². The molecule has 1 N–H and O–H groups in total. The number of fused-ring (bicyclic) bond motifs is 4. The molecule has 6 unspecified atom stereocenters. The number of imide groups is 1. The number of hydrogen-bond donors (Lipinski definition) is 1. The van der Waals surface area contributed by atoms with Crippen molar-refractivity contribution in [2.45, 2.75) is 31.1 Å². The average Bonchev–Trinajstić information content (AvgIpc) is 3.42. The number of hydrogen-bond acceptors (Lipinski definition) is 7. The number of para-hydroxylation sites is 1. The molecule has 4 aliphatic rings. The Balaban J connectivity index is 1.35. The molecular weight excluding hydrogens is 642 g/mol. The quantitative estimate of drug-likeness (QED) is 0.138. The first-order valence-electron chi connectivity index (χ1n) is 17.1. The number of allylic oxidation sites excluding steroid dienone is 4. The van der Waals surface area contributed by atoms with Crippen LogP contribution in [0.25, 0.3) is 5.57 Å². The summed E-state index contributed by atoms with van der Waals surface area (Å²) in [6.45, 7) is 1.45. The van der Waals surface area contributed by atoms with Crippen LogP contribution in [-0.4, -0.2) is 41.4 Å². The lowest BCUT2D eigenvalue weighted by molar-refractivity contribution is -0.135. The Morgan fingerprint density at radius 1 is 0.824 bits per heavy atom. The molecule has 8 heteroatoms. The molecule has 1 saturated heterocycles. The van der Waals surface area contributed by atoms with Crippen LogP contribution in [0.3, 0.4) is 0 Å². The molecule has 1 saturated carbocycles. The van der Waals surface area contributed by atoms with Gasteiger partial charge in [0.2, 0.25) is 11.8 Å². The maximum absolute atomic E-state index is 15.1. The normalized spacial score (nSPS) is 26.9. The lowest BCUT2D eigenvalue weighted by Crippen LogP contribution is -2.58. The zero-order valence-electron chi connectivity index (χ0n) is 28.1. The predicted octanol–water partition coefficient (Wildman–Crippen LogP) is 6.63. The predicted molar refractivity (Wildman–Crippen MR) is 190 cm³/mol. The number of carbonyl (C=O) groups is 5. The van der Waals surface area contributed by atoms with Crippen molar-refractivity contribution >= 4 is 40.4 Å². The number of rotatable bonds is 6. The minimum atomic E-state index is -1.47. The Hall–Kier alpha value is -5.89. The average molecular weight is 678 g/mol. The van der Waals surface area contributed by atoms with Crippen molar-refractivity contribution in [2.75, 3.05) is 12.0 Å².